The van der Waals surface area contributed by atoms with Crippen LogP contribution >= 0.6 is 0 Å². The summed E-state index contributed by atoms with van der Waals surface area (Å²) in [5.74, 6) is 0.815. The van der Waals surface area contributed by atoms with Crippen LogP contribution in [0.1, 0.15) is 59.1 Å². The van der Waals surface area contributed by atoms with E-state index in [1.807, 2.05) is 12.1 Å². The van der Waals surface area contributed by atoms with Gasteiger partial charge in [0.15, 0.2) is 0 Å². The van der Waals surface area contributed by atoms with Crippen LogP contribution in [0.15, 0.2) is 33.5 Å². The molecule has 2 aromatic carbocycles. The van der Waals surface area contributed by atoms with Crippen LogP contribution in [0.4, 0.5) is 10.5 Å². The number of carbonyl (C=O) groups excluding carboxylic acids is 1. The molecule has 3 aliphatic carbocycles. The van der Waals surface area contributed by atoms with Crippen molar-refractivity contribution in [1.82, 2.24) is 10.0 Å². The van der Waals surface area contributed by atoms with Crippen molar-refractivity contribution < 1.29 is 9.00 Å². The average molecular weight is 451 g/mol. The highest BCUT2D eigenvalue weighted by atomic mass is 32.2. The minimum Gasteiger partial charge on any atom is -0.312 e. The number of nitrogens with zero attached hydrogens (tertiary/aromatic N) is 1. The molecule has 3 N–H and O–H groups in total. The fraction of sp³-hybridized carbons (Fsp3) is 0.480. The first-order chi connectivity index (χ1) is 15.6. The Labute approximate surface area is 189 Å². The Bertz CT molecular complexity index is 1190. The molecule has 6 nitrogen and oxygen atoms in total. The molecule has 0 bridgehead atoms. The Hall–Kier alpha value is -2.22. The summed E-state index contributed by atoms with van der Waals surface area (Å²) in [5.41, 5.74) is 8.21. The maximum Gasteiger partial charge on any atom is 0.354 e. The Morgan fingerprint density at radius 1 is 1.03 bits per heavy atom. The van der Waals surface area contributed by atoms with Gasteiger partial charge in [-0.2, -0.15) is 0 Å². The summed E-state index contributed by atoms with van der Waals surface area (Å²) >= 11 is 0. The van der Waals surface area contributed by atoms with Crippen LogP contribution in [0.3, 0.4) is 0 Å². The van der Waals surface area contributed by atoms with E-state index in [-0.39, 0.29) is 0 Å². The van der Waals surface area contributed by atoms with E-state index in [2.05, 4.69) is 31.9 Å². The fourth-order valence-corrected chi connectivity index (χ4v) is 7.16. The molecule has 0 aromatic heterocycles. The van der Waals surface area contributed by atoms with E-state index >= 15 is 0 Å². The smallest absolute Gasteiger partial charge is 0.312 e. The zero-order valence-corrected chi connectivity index (χ0v) is 19.2. The van der Waals surface area contributed by atoms with Gasteiger partial charge in [0.25, 0.3) is 0 Å². The summed E-state index contributed by atoms with van der Waals surface area (Å²) in [6.45, 7) is 2.24. The lowest BCUT2D eigenvalue weighted by Crippen LogP contribution is -2.20. The molecule has 0 radical (unpaired) electrons. The summed E-state index contributed by atoms with van der Waals surface area (Å²) in [4.78, 5) is 13.7. The number of urea groups is 1. The van der Waals surface area contributed by atoms with Crippen LogP contribution in [-0.2, 0) is 48.7 Å². The Kier molecular flexibility index (Phi) is 5.08. The zero-order chi connectivity index (χ0) is 21.7. The molecule has 7 heteroatoms. The first kappa shape index (κ1) is 20.4. The summed E-state index contributed by atoms with van der Waals surface area (Å²) in [5, 5.41) is 6.54. The highest BCUT2D eigenvalue weighted by molar-refractivity contribution is 7.92. The van der Waals surface area contributed by atoms with Crippen molar-refractivity contribution in [2.24, 2.45) is 10.3 Å². The van der Waals surface area contributed by atoms with Crippen LogP contribution in [0, 0.1) is 5.92 Å². The number of aryl methyl sites for hydroxylation is 2. The normalized spacial score (nSPS) is 23.0. The van der Waals surface area contributed by atoms with Gasteiger partial charge in [0.2, 0.25) is 0 Å². The maximum absolute atomic E-state index is 13.7. The predicted molar refractivity (Wildman–Crippen MR) is 126 cm³/mol. The van der Waals surface area contributed by atoms with Crippen molar-refractivity contribution >= 4 is 21.6 Å². The molecule has 1 fully saturated rings. The van der Waals surface area contributed by atoms with Gasteiger partial charge in [0.05, 0.1) is 4.90 Å². The number of amides is 2. The number of rotatable bonds is 5. The van der Waals surface area contributed by atoms with Crippen molar-refractivity contribution in [2.45, 2.75) is 69.4 Å². The molecule has 0 saturated heterocycles. The minimum atomic E-state index is -2.98. The van der Waals surface area contributed by atoms with Gasteiger partial charge in [-0.15, -0.1) is 4.36 Å². The molecule has 6 rings (SSSR count). The lowest BCUT2D eigenvalue weighted by Gasteiger charge is -2.15. The standard InChI is InChI=1S/C25H30N4O2S/c30-25(28-24-21-5-1-3-18(21)12-19-4-2-6-22(19)24)29-32(31)23-11-17(9-10-20(23)15-27-32)14-26-13-16-7-8-16/h9-12,16,26H,1-8,13-15H2,(H2,27,28,29,30,31). The highest BCUT2D eigenvalue weighted by Gasteiger charge is 2.28. The molecule has 1 saturated carbocycles. The van der Waals surface area contributed by atoms with Crippen LogP contribution in [0.5, 0.6) is 0 Å². The van der Waals surface area contributed by atoms with Gasteiger partial charge in [-0.3, -0.25) is 0 Å². The molecule has 4 aliphatic rings. The number of carbonyl (C=O) groups is 1. The van der Waals surface area contributed by atoms with Gasteiger partial charge >= 0.3 is 6.03 Å². The van der Waals surface area contributed by atoms with Gasteiger partial charge in [-0.25, -0.2) is 13.7 Å². The third-order valence-corrected chi connectivity index (χ3v) is 9.20. The second-order valence-electron chi connectivity index (χ2n) is 9.62. The quantitative estimate of drug-likeness (QED) is 0.637. The molecule has 2 amide bonds. The van der Waals surface area contributed by atoms with E-state index in [1.54, 1.807) is 0 Å². The number of hydrogen-bond acceptors (Lipinski definition) is 3. The number of nitrogens with one attached hydrogen (secondary N) is 3. The van der Waals surface area contributed by atoms with Gasteiger partial charge in [-0.05, 0) is 103 Å². The van der Waals surface area contributed by atoms with Gasteiger partial charge in [0, 0.05) is 18.8 Å². The summed E-state index contributed by atoms with van der Waals surface area (Å²) in [7, 11) is -2.98. The minimum absolute atomic E-state index is 0.469. The SMILES string of the molecule is O=C(N=S1(=O)NCc2ccc(CNCC3CC3)cc21)Nc1c2c(cc3c1CCC3)CCC2. The lowest BCUT2D eigenvalue weighted by atomic mass is 9.99. The molecule has 1 aliphatic heterocycles. The summed E-state index contributed by atoms with van der Waals surface area (Å²) in [6.07, 6.45) is 9.02. The number of benzene rings is 2. The van der Waals surface area contributed by atoms with Gasteiger partial charge in [-0.1, -0.05) is 18.2 Å². The van der Waals surface area contributed by atoms with Crippen molar-refractivity contribution in [3.8, 4) is 0 Å². The van der Waals surface area contributed by atoms with E-state index in [0.29, 0.717) is 11.4 Å². The molecule has 0 spiro atoms. The molecular formula is C25H30N4O2S. The molecule has 1 heterocycles. The molecule has 168 valence electrons. The third-order valence-electron chi connectivity index (χ3n) is 7.26. The number of hydrogen-bond donors (Lipinski definition) is 3. The fourth-order valence-electron chi connectivity index (χ4n) is 5.40. The first-order valence-electron chi connectivity index (χ1n) is 11.9. The van der Waals surface area contributed by atoms with Gasteiger partial charge < -0.3 is 10.6 Å². The Morgan fingerprint density at radius 2 is 1.78 bits per heavy atom. The molecule has 1 unspecified atom stereocenters. The molecule has 1 atom stereocenters. The van der Waals surface area contributed by atoms with E-state index < -0.39 is 15.9 Å². The molecule has 32 heavy (non-hydrogen) atoms. The molecule has 2 aromatic rings. The monoisotopic (exact) mass is 450 g/mol. The van der Waals surface area contributed by atoms with Crippen molar-refractivity contribution in [2.75, 3.05) is 11.9 Å². The second-order valence-corrected chi connectivity index (χ2v) is 11.6. The maximum atomic E-state index is 13.7. The first-order valence-corrected chi connectivity index (χ1v) is 13.4. The van der Waals surface area contributed by atoms with E-state index in [4.69, 9.17) is 0 Å². The van der Waals surface area contributed by atoms with Gasteiger partial charge in [0.1, 0.15) is 9.92 Å². The Morgan fingerprint density at radius 3 is 2.50 bits per heavy atom. The van der Waals surface area contributed by atoms with Crippen molar-refractivity contribution in [1.29, 1.82) is 0 Å². The third kappa shape index (κ3) is 3.76. The van der Waals surface area contributed by atoms with Crippen LogP contribution in [0.2, 0.25) is 0 Å². The topological polar surface area (TPSA) is 82.6 Å². The Balaban J connectivity index is 1.27. The van der Waals surface area contributed by atoms with E-state index in [0.717, 1.165) is 74.3 Å². The number of fused-ring (bicyclic) bond motifs is 3. The number of anilines is 1. The van der Waals surface area contributed by atoms with Crippen LogP contribution in [-0.4, -0.2) is 16.8 Å². The zero-order valence-electron chi connectivity index (χ0n) is 18.3. The van der Waals surface area contributed by atoms with E-state index in [1.165, 1.54) is 35.1 Å². The summed E-state index contributed by atoms with van der Waals surface area (Å²) < 4.78 is 20.9. The summed E-state index contributed by atoms with van der Waals surface area (Å²) in [6, 6.07) is 7.86. The van der Waals surface area contributed by atoms with E-state index in [9.17, 15) is 9.00 Å². The van der Waals surface area contributed by atoms with Crippen molar-refractivity contribution in [3.63, 3.8) is 0 Å². The van der Waals surface area contributed by atoms with Crippen LogP contribution < -0.4 is 15.4 Å². The van der Waals surface area contributed by atoms with Crippen LogP contribution in [0.25, 0.3) is 0 Å². The predicted octanol–water partition coefficient (Wildman–Crippen LogP) is 4.24. The second kappa shape index (κ2) is 7.97. The lowest BCUT2D eigenvalue weighted by molar-refractivity contribution is 0.260. The largest absolute Gasteiger partial charge is 0.354 e. The average Bonchev–Trinajstić information content (AvgIpc) is 3.15. The highest BCUT2D eigenvalue weighted by Crippen LogP contribution is 2.39. The molecular weight excluding hydrogens is 420 g/mol. The van der Waals surface area contributed by atoms with Crippen molar-refractivity contribution in [3.05, 3.63) is 57.6 Å².